The summed E-state index contributed by atoms with van der Waals surface area (Å²) < 4.78 is 0. The molecule has 0 aromatic rings. The van der Waals surface area contributed by atoms with Gasteiger partial charge in [0.05, 0.1) is 5.41 Å². The van der Waals surface area contributed by atoms with Crippen LogP contribution in [0.3, 0.4) is 0 Å². The van der Waals surface area contributed by atoms with Crippen LogP contribution in [0.5, 0.6) is 0 Å². The van der Waals surface area contributed by atoms with E-state index in [0.29, 0.717) is 11.8 Å². The average Bonchev–Trinajstić information content (AvgIpc) is 2.18. The van der Waals surface area contributed by atoms with E-state index in [4.69, 9.17) is 5.11 Å². The standard InChI is InChI=1S/C13H21NO2/c1-8(2)14-12(16)13-7-10(4-5-15)11(13)6-9(13)3/h6,8-10,15H,4-5,7H2,1-3H3,(H,14,16). The molecule has 0 saturated heterocycles. The number of allylic oxidation sites excluding steroid dienone is 1. The molecule has 3 atom stereocenters. The maximum absolute atomic E-state index is 12.2. The van der Waals surface area contributed by atoms with E-state index < -0.39 is 0 Å². The highest BCUT2D eigenvalue weighted by Gasteiger charge is 2.61. The molecule has 0 heterocycles. The van der Waals surface area contributed by atoms with Gasteiger partial charge in [0.1, 0.15) is 0 Å². The second-order valence-electron chi connectivity index (χ2n) is 5.42. The predicted octanol–water partition coefficient (Wildman–Crippen LogP) is 1.48. The summed E-state index contributed by atoms with van der Waals surface area (Å²) >= 11 is 0. The zero-order chi connectivity index (χ0) is 11.9. The molecule has 0 aliphatic heterocycles. The van der Waals surface area contributed by atoms with E-state index >= 15 is 0 Å². The van der Waals surface area contributed by atoms with Crippen molar-refractivity contribution in [3.05, 3.63) is 11.6 Å². The Bertz CT molecular complexity index is 335. The summed E-state index contributed by atoms with van der Waals surface area (Å²) in [6.07, 6.45) is 3.91. The van der Waals surface area contributed by atoms with Crippen molar-refractivity contribution in [2.45, 2.75) is 39.7 Å². The Balaban J connectivity index is 2.06. The number of carbonyl (C=O) groups excluding carboxylic acids is 1. The summed E-state index contributed by atoms with van der Waals surface area (Å²) in [4.78, 5) is 12.2. The van der Waals surface area contributed by atoms with Crippen molar-refractivity contribution in [1.82, 2.24) is 5.32 Å². The first-order chi connectivity index (χ1) is 7.52. The van der Waals surface area contributed by atoms with Crippen LogP contribution >= 0.6 is 0 Å². The topological polar surface area (TPSA) is 49.3 Å². The van der Waals surface area contributed by atoms with Gasteiger partial charge in [-0.05, 0) is 38.5 Å². The molecule has 2 aliphatic carbocycles. The van der Waals surface area contributed by atoms with Crippen LogP contribution in [0.15, 0.2) is 11.6 Å². The number of amides is 1. The van der Waals surface area contributed by atoms with Crippen LogP contribution in [-0.2, 0) is 4.79 Å². The van der Waals surface area contributed by atoms with E-state index in [1.54, 1.807) is 0 Å². The highest BCUT2D eigenvalue weighted by Crippen LogP contribution is 2.63. The lowest BCUT2D eigenvalue weighted by molar-refractivity contribution is -0.139. The van der Waals surface area contributed by atoms with Crippen molar-refractivity contribution in [3.8, 4) is 0 Å². The van der Waals surface area contributed by atoms with Gasteiger partial charge in [0.15, 0.2) is 0 Å². The molecule has 2 N–H and O–H groups in total. The lowest BCUT2D eigenvalue weighted by atomic mass is 9.44. The third-order valence-corrected chi connectivity index (χ3v) is 4.03. The molecule has 1 saturated carbocycles. The summed E-state index contributed by atoms with van der Waals surface area (Å²) in [6, 6.07) is 0.202. The molecular weight excluding hydrogens is 202 g/mol. The maximum atomic E-state index is 12.2. The molecule has 3 unspecified atom stereocenters. The SMILES string of the molecule is CC(C)NC(=O)C12CC(CCO)C1=CC2C. The Morgan fingerprint density at radius 1 is 1.69 bits per heavy atom. The fraction of sp³-hybridized carbons (Fsp3) is 0.769. The Kier molecular flexibility index (Phi) is 2.82. The predicted molar refractivity (Wildman–Crippen MR) is 62.8 cm³/mol. The molecule has 0 spiro atoms. The molecular formula is C13H21NO2. The minimum Gasteiger partial charge on any atom is -0.396 e. The molecule has 2 rings (SSSR count). The van der Waals surface area contributed by atoms with Crippen LogP contribution in [0.4, 0.5) is 0 Å². The van der Waals surface area contributed by atoms with Crippen LogP contribution in [0, 0.1) is 17.3 Å². The van der Waals surface area contributed by atoms with Crippen molar-refractivity contribution >= 4 is 5.91 Å². The number of aliphatic hydroxyl groups excluding tert-OH is 1. The molecule has 0 aromatic carbocycles. The summed E-state index contributed by atoms with van der Waals surface area (Å²) in [7, 11) is 0. The van der Waals surface area contributed by atoms with Gasteiger partial charge in [0.2, 0.25) is 5.91 Å². The van der Waals surface area contributed by atoms with Gasteiger partial charge < -0.3 is 10.4 Å². The lowest BCUT2D eigenvalue weighted by Crippen LogP contribution is -2.61. The number of aliphatic hydroxyl groups is 1. The van der Waals surface area contributed by atoms with E-state index in [1.807, 2.05) is 13.8 Å². The number of hydrogen-bond donors (Lipinski definition) is 2. The molecule has 3 nitrogen and oxygen atoms in total. The van der Waals surface area contributed by atoms with Gasteiger partial charge in [-0.2, -0.15) is 0 Å². The first kappa shape index (κ1) is 11.6. The molecule has 1 fully saturated rings. The van der Waals surface area contributed by atoms with Crippen LogP contribution in [0.25, 0.3) is 0 Å². The number of hydrogen-bond acceptors (Lipinski definition) is 2. The van der Waals surface area contributed by atoms with Crippen molar-refractivity contribution < 1.29 is 9.90 Å². The summed E-state index contributed by atoms with van der Waals surface area (Å²) in [5.41, 5.74) is 1.05. The maximum Gasteiger partial charge on any atom is 0.231 e. The Labute approximate surface area is 96.9 Å². The van der Waals surface area contributed by atoms with Crippen LogP contribution < -0.4 is 5.32 Å². The zero-order valence-electron chi connectivity index (χ0n) is 10.3. The third kappa shape index (κ3) is 1.41. The van der Waals surface area contributed by atoms with Gasteiger partial charge in [-0.25, -0.2) is 0 Å². The van der Waals surface area contributed by atoms with Gasteiger partial charge in [0, 0.05) is 12.6 Å². The fourth-order valence-corrected chi connectivity index (χ4v) is 3.13. The van der Waals surface area contributed by atoms with Gasteiger partial charge >= 0.3 is 0 Å². The van der Waals surface area contributed by atoms with Crippen molar-refractivity contribution in [1.29, 1.82) is 0 Å². The minimum absolute atomic E-state index is 0.182. The molecule has 90 valence electrons. The third-order valence-electron chi connectivity index (χ3n) is 4.03. The second-order valence-corrected chi connectivity index (χ2v) is 5.42. The van der Waals surface area contributed by atoms with Crippen LogP contribution in [-0.4, -0.2) is 23.7 Å². The van der Waals surface area contributed by atoms with E-state index in [0.717, 1.165) is 12.8 Å². The lowest BCUT2D eigenvalue weighted by Gasteiger charge is -2.59. The van der Waals surface area contributed by atoms with Gasteiger partial charge in [0.25, 0.3) is 0 Å². The molecule has 3 heteroatoms. The molecule has 0 bridgehead atoms. The Morgan fingerprint density at radius 2 is 2.38 bits per heavy atom. The smallest absolute Gasteiger partial charge is 0.231 e. The van der Waals surface area contributed by atoms with Gasteiger partial charge in [-0.3, -0.25) is 4.79 Å². The highest BCUT2D eigenvalue weighted by molar-refractivity contribution is 5.90. The first-order valence-corrected chi connectivity index (χ1v) is 6.16. The summed E-state index contributed by atoms with van der Waals surface area (Å²) in [6.45, 7) is 6.31. The van der Waals surface area contributed by atoms with E-state index in [9.17, 15) is 4.79 Å². The van der Waals surface area contributed by atoms with Crippen molar-refractivity contribution in [2.24, 2.45) is 17.3 Å². The van der Waals surface area contributed by atoms with Gasteiger partial charge in [-0.1, -0.05) is 18.6 Å². The monoisotopic (exact) mass is 223 g/mol. The van der Waals surface area contributed by atoms with E-state index in [1.165, 1.54) is 5.57 Å². The largest absolute Gasteiger partial charge is 0.396 e. The quantitative estimate of drug-likeness (QED) is 0.709. The molecule has 1 amide bonds. The average molecular weight is 223 g/mol. The number of fused-ring (bicyclic) bond motifs is 1. The number of carbonyl (C=O) groups is 1. The molecule has 16 heavy (non-hydrogen) atoms. The normalized spacial score (nSPS) is 35.9. The molecule has 2 aliphatic rings. The van der Waals surface area contributed by atoms with Crippen LogP contribution in [0.2, 0.25) is 0 Å². The first-order valence-electron chi connectivity index (χ1n) is 6.16. The fourth-order valence-electron chi connectivity index (χ4n) is 3.13. The summed E-state index contributed by atoms with van der Waals surface area (Å²) in [5, 5.41) is 12.0. The Morgan fingerprint density at radius 3 is 2.81 bits per heavy atom. The minimum atomic E-state index is -0.218. The van der Waals surface area contributed by atoms with E-state index in [2.05, 4.69) is 18.3 Å². The molecule has 0 radical (unpaired) electrons. The second kappa shape index (κ2) is 3.88. The van der Waals surface area contributed by atoms with Crippen molar-refractivity contribution in [3.63, 3.8) is 0 Å². The van der Waals surface area contributed by atoms with Crippen LogP contribution in [0.1, 0.15) is 33.6 Å². The zero-order valence-corrected chi connectivity index (χ0v) is 10.3. The van der Waals surface area contributed by atoms with E-state index in [-0.39, 0.29) is 24.0 Å². The van der Waals surface area contributed by atoms with Crippen molar-refractivity contribution in [2.75, 3.05) is 6.61 Å². The number of rotatable bonds is 4. The summed E-state index contributed by atoms with van der Waals surface area (Å²) in [5.74, 6) is 0.983. The molecule has 0 aromatic heterocycles. The number of nitrogens with one attached hydrogen (secondary N) is 1. The highest BCUT2D eigenvalue weighted by atomic mass is 16.3. The Hall–Kier alpha value is -0.830. The van der Waals surface area contributed by atoms with Gasteiger partial charge in [-0.15, -0.1) is 0 Å².